The number of ether oxygens (including phenoxy) is 1. The van der Waals surface area contributed by atoms with E-state index in [4.69, 9.17) is 9.72 Å². The van der Waals surface area contributed by atoms with Crippen LogP contribution in [0.3, 0.4) is 0 Å². The largest absolute Gasteiger partial charge is 0.509 e. The minimum atomic E-state index is -0.164. The van der Waals surface area contributed by atoms with Gasteiger partial charge in [-0.15, -0.1) is 48.1 Å². The topological polar surface area (TPSA) is 33.5 Å². The predicted molar refractivity (Wildman–Crippen MR) is 341 cm³/mol. The molecule has 82 heavy (non-hydrogen) atoms. The van der Waals surface area contributed by atoms with Gasteiger partial charge in [-0.3, -0.25) is 0 Å². The second-order valence-electron chi connectivity index (χ2n) is 25.9. The summed E-state index contributed by atoms with van der Waals surface area (Å²) in [5.41, 5.74) is 20.3. The Kier molecular flexibility index (Phi) is 14.6. The molecule has 9 aromatic carbocycles. The minimum absolute atomic E-state index is 0. The molecule has 0 bridgehead atoms. The van der Waals surface area contributed by atoms with Crippen LogP contribution >= 0.6 is 0 Å². The Morgan fingerprint density at radius 1 is 0.415 bits per heavy atom. The third-order valence-electron chi connectivity index (χ3n) is 16.0. The van der Waals surface area contributed by atoms with Crippen molar-refractivity contribution in [3.05, 3.63) is 247 Å². The van der Waals surface area contributed by atoms with Gasteiger partial charge < -0.3 is 19.1 Å². The maximum atomic E-state index is 6.82. The molecule has 0 saturated carbocycles. The molecule has 0 amide bonds. The standard InChI is InChI=1S/C76H71N4O.Pt/c1-73(2,3)55-39-37-51(38-40-55)50-33-35-52(36-34-50)61-28-20-29-62(53-21-17-23-56(43-53)74(4,5)6)72(61)79-49-78(68-31-15-16-32-69(68)79)58-25-19-26-59(45-58)81-60-41-42-64-63-27-13-14-30-67(63)80(70(64)46-60)71-47-66(76(10,11)12)65(48-77-71)54-22-18-24-57(44-54)75(7,8)9;/h13-44,47-49H,1-12H3;/q-3;. The van der Waals surface area contributed by atoms with Crippen molar-refractivity contribution in [2.24, 2.45) is 0 Å². The Morgan fingerprint density at radius 3 is 1.59 bits per heavy atom. The third kappa shape index (κ3) is 10.7. The zero-order valence-corrected chi connectivity index (χ0v) is 51.5. The molecule has 0 saturated heterocycles. The summed E-state index contributed by atoms with van der Waals surface area (Å²) in [6.07, 6.45) is 2.06. The van der Waals surface area contributed by atoms with Gasteiger partial charge >= 0.3 is 0 Å². The zero-order valence-electron chi connectivity index (χ0n) is 49.2. The molecule has 1 aliphatic rings. The van der Waals surface area contributed by atoms with Crippen LogP contribution in [-0.4, -0.2) is 9.55 Å². The molecule has 3 heterocycles. The number of rotatable bonds is 9. The first-order valence-electron chi connectivity index (χ1n) is 28.4. The van der Waals surface area contributed by atoms with E-state index in [2.05, 4.69) is 304 Å². The van der Waals surface area contributed by atoms with Gasteiger partial charge in [-0.2, -0.15) is 12.1 Å². The smallest absolute Gasteiger partial charge is 0.135 e. The average molecular weight is 1250 g/mol. The molecule has 1 aliphatic heterocycles. The van der Waals surface area contributed by atoms with E-state index >= 15 is 0 Å². The first-order valence-corrected chi connectivity index (χ1v) is 28.4. The molecule has 0 N–H and O–H groups in total. The van der Waals surface area contributed by atoms with Gasteiger partial charge in [-0.1, -0.05) is 234 Å². The van der Waals surface area contributed by atoms with Crippen molar-refractivity contribution < 1.29 is 25.8 Å². The summed E-state index contributed by atoms with van der Waals surface area (Å²) in [5, 5.41) is 2.20. The van der Waals surface area contributed by atoms with Crippen LogP contribution in [0.4, 0.5) is 22.7 Å². The fourth-order valence-corrected chi connectivity index (χ4v) is 11.4. The van der Waals surface area contributed by atoms with E-state index in [1.165, 1.54) is 38.9 Å². The van der Waals surface area contributed by atoms with Gasteiger partial charge in [-0.05, 0) is 101 Å². The first kappa shape index (κ1) is 55.9. The zero-order chi connectivity index (χ0) is 56.6. The number of para-hydroxylation sites is 4. The fourth-order valence-electron chi connectivity index (χ4n) is 11.4. The van der Waals surface area contributed by atoms with Crippen molar-refractivity contribution in [1.29, 1.82) is 0 Å². The molecule has 0 atom stereocenters. The Balaban J connectivity index is 0.00000705. The maximum Gasteiger partial charge on any atom is 0.135 e. The SMILES string of the molecule is CC(C)(C)c1ccc(-c2ccc(-c3cccc(-c4cccc(C(C)(C)C)c4)c3N3[CH-]N(c4[c-]c(Oc5[c-]c6c(cc5)c5ccccc5n6-c5cc(C(C)(C)C)c(-c6cccc(C(C)(C)C)c6)cn5)ccc4)c4ccccc43)cc2)cc1.[Pt]. The number of anilines is 4. The van der Waals surface area contributed by atoms with Crippen LogP contribution in [-0.2, 0) is 42.7 Å². The molecule has 414 valence electrons. The average Bonchev–Trinajstić information content (AvgIpc) is 2.81. The Hall–Kier alpha value is -7.98. The Morgan fingerprint density at radius 2 is 0.951 bits per heavy atom. The number of aromatic nitrogens is 2. The number of nitrogens with zero attached hydrogens (tertiary/aromatic N) is 4. The number of hydrogen-bond donors (Lipinski definition) is 0. The molecule has 2 aromatic heterocycles. The molecule has 0 aliphatic carbocycles. The van der Waals surface area contributed by atoms with Crippen molar-refractivity contribution in [1.82, 2.24) is 9.55 Å². The number of pyridine rings is 1. The second-order valence-corrected chi connectivity index (χ2v) is 25.9. The van der Waals surface area contributed by atoms with Crippen LogP contribution in [0.15, 0.2) is 206 Å². The van der Waals surface area contributed by atoms with Gasteiger partial charge in [0.25, 0.3) is 0 Å². The van der Waals surface area contributed by atoms with E-state index in [0.29, 0.717) is 11.5 Å². The fraction of sp³-hybridized carbons (Fsp3) is 0.211. The summed E-state index contributed by atoms with van der Waals surface area (Å²) in [6.45, 7) is 29.5. The molecule has 0 spiro atoms. The van der Waals surface area contributed by atoms with Crippen molar-refractivity contribution in [2.75, 3.05) is 9.80 Å². The van der Waals surface area contributed by atoms with E-state index in [1.54, 1.807) is 0 Å². The van der Waals surface area contributed by atoms with Gasteiger partial charge in [-0.25, -0.2) is 4.98 Å². The van der Waals surface area contributed by atoms with Crippen molar-refractivity contribution >= 4 is 44.6 Å². The summed E-state index contributed by atoms with van der Waals surface area (Å²) >= 11 is 0. The monoisotopic (exact) mass is 1250 g/mol. The summed E-state index contributed by atoms with van der Waals surface area (Å²) in [6, 6.07) is 79.9. The molecule has 0 radical (unpaired) electrons. The van der Waals surface area contributed by atoms with E-state index in [0.717, 1.165) is 78.2 Å². The van der Waals surface area contributed by atoms with Crippen LogP contribution in [0.2, 0.25) is 0 Å². The van der Waals surface area contributed by atoms with E-state index in [-0.39, 0.29) is 42.7 Å². The summed E-state index contributed by atoms with van der Waals surface area (Å²) < 4.78 is 9.06. The summed E-state index contributed by atoms with van der Waals surface area (Å²) in [5.74, 6) is 2.00. The minimum Gasteiger partial charge on any atom is -0.509 e. The molecular formula is C76H71N4OPt-3. The first-order chi connectivity index (χ1) is 38.7. The number of fused-ring (bicyclic) bond motifs is 4. The van der Waals surface area contributed by atoms with Crippen molar-refractivity contribution in [3.8, 4) is 61.8 Å². The van der Waals surface area contributed by atoms with Crippen molar-refractivity contribution in [2.45, 2.75) is 105 Å². The van der Waals surface area contributed by atoms with Crippen molar-refractivity contribution in [3.63, 3.8) is 0 Å². The molecule has 0 fully saturated rings. The Labute approximate surface area is 500 Å². The molecule has 12 rings (SSSR count). The van der Waals surface area contributed by atoms with Crippen LogP contribution in [0.5, 0.6) is 11.5 Å². The summed E-state index contributed by atoms with van der Waals surface area (Å²) in [4.78, 5) is 9.83. The molecule has 5 nitrogen and oxygen atoms in total. The molecule has 0 unspecified atom stereocenters. The van der Waals surface area contributed by atoms with E-state index < -0.39 is 0 Å². The van der Waals surface area contributed by atoms with Gasteiger partial charge in [0.15, 0.2) is 0 Å². The molecular weight excluding hydrogens is 1180 g/mol. The van der Waals surface area contributed by atoms with Gasteiger partial charge in [0.1, 0.15) is 5.82 Å². The second kappa shape index (κ2) is 21.4. The molecule has 11 aromatic rings. The van der Waals surface area contributed by atoms with Crippen LogP contribution in [0.1, 0.15) is 105 Å². The van der Waals surface area contributed by atoms with Gasteiger partial charge in [0, 0.05) is 78.0 Å². The normalized spacial score (nSPS) is 12.9. The van der Waals surface area contributed by atoms with E-state index in [1.807, 2.05) is 18.2 Å². The predicted octanol–water partition coefficient (Wildman–Crippen LogP) is 20.8. The molecule has 6 heteroatoms. The summed E-state index contributed by atoms with van der Waals surface area (Å²) in [7, 11) is 0. The van der Waals surface area contributed by atoms with E-state index in [9.17, 15) is 0 Å². The number of hydrogen-bond acceptors (Lipinski definition) is 4. The maximum absolute atomic E-state index is 6.82. The van der Waals surface area contributed by atoms with Crippen LogP contribution in [0.25, 0.3) is 72.1 Å². The number of benzene rings is 9. The quantitative estimate of drug-likeness (QED) is 0.135. The van der Waals surface area contributed by atoms with Crippen LogP contribution < -0.4 is 14.5 Å². The Bertz CT molecular complexity index is 4160. The van der Waals surface area contributed by atoms with Gasteiger partial charge in [0.05, 0.1) is 0 Å². The van der Waals surface area contributed by atoms with Crippen LogP contribution in [0, 0.1) is 18.8 Å². The third-order valence-corrected chi connectivity index (χ3v) is 16.0. The van der Waals surface area contributed by atoms with Gasteiger partial charge in [0.2, 0.25) is 0 Å².